The van der Waals surface area contributed by atoms with Gasteiger partial charge in [-0.3, -0.25) is 9.69 Å². The Balaban J connectivity index is 1.57. The van der Waals surface area contributed by atoms with Gasteiger partial charge in [0.05, 0.1) is 17.5 Å². The molecule has 7 nitrogen and oxygen atoms in total. The Hall–Kier alpha value is -1.95. The van der Waals surface area contributed by atoms with Crippen molar-refractivity contribution in [3.63, 3.8) is 0 Å². The predicted octanol–water partition coefficient (Wildman–Crippen LogP) is 1.42. The Bertz CT molecular complexity index is 897. The third kappa shape index (κ3) is 4.37. The lowest BCUT2D eigenvalue weighted by molar-refractivity contribution is -0.123. The highest BCUT2D eigenvalue weighted by Gasteiger charge is 2.43. The summed E-state index contributed by atoms with van der Waals surface area (Å²) in [5, 5.41) is 12.2. The van der Waals surface area contributed by atoms with Crippen molar-refractivity contribution in [2.75, 3.05) is 32.7 Å². The molecule has 1 amide bonds. The molecule has 1 saturated heterocycles. The molecular weight excluding hydrogens is 376 g/mol. The topological polar surface area (TPSA) is 93.5 Å². The van der Waals surface area contributed by atoms with E-state index in [0.29, 0.717) is 31.1 Å². The van der Waals surface area contributed by atoms with Crippen LogP contribution in [-0.2, 0) is 14.8 Å². The van der Waals surface area contributed by atoms with Crippen molar-refractivity contribution in [1.29, 1.82) is 5.26 Å². The van der Waals surface area contributed by atoms with Gasteiger partial charge in [-0.1, -0.05) is 17.7 Å². The third-order valence-corrected chi connectivity index (χ3v) is 7.73. The molecule has 0 aromatic heterocycles. The van der Waals surface area contributed by atoms with Gasteiger partial charge in [0.25, 0.3) is 0 Å². The average Bonchev–Trinajstić information content (AvgIpc) is 3.47. The second-order valence-electron chi connectivity index (χ2n) is 8.09. The molecule has 2 aliphatic rings. The molecule has 1 saturated carbocycles. The fourth-order valence-electron chi connectivity index (χ4n) is 3.77. The van der Waals surface area contributed by atoms with Crippen LogP contribution in [-0.4, -0.2) is 61.8 Å². The molecule has 1 heterocycles. The number of nitrogens with one attached hydrogen (secondary N) is 1. The SMILES string of the molecule is Cc1ccc(S(=O)(=O)N2CCN(CC(=O)N[C@](C)(C#N)C3CC3)CC2)c(C)c1. The van der Waals surface area contributed by atoms with E-state index in [1.807, 2.05) is 30.9 Å². The zero-order valence-corrected chi connectivity index (χ0v) is 17.6. The van der Waals surface area contributed by atoms with E-state index in [4.69, 9.17) is 0 Å². The first-order chi connectivity index (χ1) is 13.2. The number of amides is 1. The molecule has 1 aliphatic carbocycles. The first kappa shape index (κ1) is 20.8. The van der Waals surface area contributed by atoms with Crippen molar-refractivity contribution < 1.29 is 13.2 Å². The number of sulfonamides is 1. The van der Waals surface area contributed by atoms with Crippen molar-refractivity contribution in [3.8, 4) is 6.07 Å². The third-order valence-electron chi connectivity index (χ3n) is 5.67. The summed E-state index contributed by atoms with van der Waals surface area (Å²) in [5.41, 5.74) is 0.978. The zero-order chi connectivity index (χ0) is 20.5. The van der Waals surface area contributed by atoms with Gasteiger partial charge in [0.15, 0.2) is 0 Å². The number of hydrogen-bond acceptors (Lipinski definition) is 5. The molecule has 2 fully saturated rings. The van der Waals surface area contributed by atoms with E-state index in [9.17, 15) is 18.5 Å². The van der Waals surface area contributed by atoms with E-state index in [-0.39, 0.29) is 18.4 Å². The van der Waals surface area contributed by atoms with Gasteiger partial charge in [0.1, 0.15) is 5.54 Å². The number of carbonyl (C=O) groups excluding carboxylic acids is 1. The van der Waals surface area contributed by atoms with Crippen LogP contribution in [0.1, 0.15) is 30.9 Å². The van der Waals surface area contributed by atoms with Crippen LogP contribution < -0.4 is 5.32 Å². The summed E-state index contributed by atoms with van der Waals surface area (Å²) in [4.78, 5) is 14.6. The number of rotatable bonds is 6. The number of aryl methyl sites for hydroxylation is 2. The molecule has 8 heteroatoms. The monoisotopic (exact) mass is 404 g/mol. The number of nitrogens with zero attached hydrogens (tertiary/aromatic N) is 3. The normalized spacial score (nSPS) is 20.9. The largest absolute Gasteiger partial charge is 0.337 e. The van der Waals surface area contributed by atoms with Gasteiger partial charge in [-0.2, -0.15) is 9.57 Å². The quantitative estimate of drug-likeness (QED) is 0.774. The Kier molecular flexibility index (Phi) is 5.80. The molecule has 3 rings (SSSR count). The molecule has 0 spiro atoms. The highest BCUT2D eigenvalue weighted by atomic mass is 32.2. The molecule has 0 unspecified atom stereocenters. The fraction of sp³-hybridized carbons (Fsp3) is 0.600. The summed E-state index contributed by atoms with van der Waals surface area (Å²) in [6.07, 6.45) is 1.94. The van der Waals surface area contributed by atoms with Crippen LogP contribution >= 0.6 is 0 Å². The van der Waals surface area contributed by atoms with Gasteiger partial charge in [0, 0.05) is 26.2 Å². The van der Waals surface area contributed by atoms with Crippen LogP contribution in [0.5, 0.6) is 0 Å². The van der Waals surface area contributed by atoms with Crippen molar-refractivity contribution in [2.45, 2.75) is 44.0 Å². The lowest BCUT2D eigenvalue weighted by atomic mass is 9.98. The van der Waals surface area contributed by atoms with Gasteiger partial charge in [0.2, 0.25) is 15.9 Å². The number of piperazine rings is 1. The maximum atomic E-state index is 12.9. The van der Waals surface area contributed by atoms with Crippen LogP contribution in [0, 0.1) is 31.1 Å². The summed E-state index contributed by atoms with van der Waals surface area (Å²) in [6.45, 7) is 7.38. The molecule has 152 valence electrons. The van der Waals surface area contributed by atoms with Crippen LogP contribution in [0.25, 0.3) is 0 Å². The molecule has 1 N–H and O–H groups in total. The van der Waals surface area contributed by atoms with E-state index in [1.54, 1.807) is 13.0 Å². The fourth-order valence-corrected chi connectivity index (χ4v) is 5.40. The van der Waals surface area contributed by atoms with Crippen LogP contribution in [0.15, 0.2) is 23.1 Å². The Labute approximate surface area is 167 Å². The minimum atomic E-state index is -3.53. The summed E-state index contributed by atoms with van der Waals surface area (Å²) < 4.78 is 27.4. The summed E-state index contributed by atoms with van der Waals surface area (Å²) in [7, 11) is -3.53. The number of hydrogen-bond donors (Lipinski definition) is 1. The second kappa shape index (κ2) is 7.82. The van der Waals surface area contributed by atoms with Gasteiger partial charge >= 0.3 is 0 Å². The number of nitriles is 1. The summed E-state index contributed by atoms with van der Waals surface area (Å²) in [6, 6.07) is 7.58. The maximum absolute atomic E-state index is 12.9. The van der Waals surface area contributed by atoms with Gasteiger partial charge < -0.3 is 5.32 Å². The molecule has 0 bridgehead atoms. The van der Waals surface area contributed by atoms with E-state index >= 15 is 0 Å². The van der Waals surface area contributed by atoms with Crippen molar-refractivity contribution in [1.82, 2.24) is 14.5 Å². The van der Waals surface area contributed by atoms with Crippen molar-refractivity contribution >= 4 is 15.9 Å². The molecule has 1 aliphatic heterocycles. The molecule has 0 radical (unpaired) electrons. The standard InChI is InChI=1S/C20H28N4O3S/c1-15-4-7-18(16(2)12-15)28(26,27)24-10-8-23(9-11-24)13-19(25)22-20(3,14-21)17-5-6-17/h4,7,12,17H,5-6,8-11,13H2,1-3H3,(H,22,25)/t20-/m1/s1. The van der Waals surface area contributed by atoms with Gasteiger partial charge in [-0.25, -0.2) is 8.42 Å². The summed E-state index contributed by atoms with van der Waals surface area (Å²) >= 11 is 0. The molecular formula is C20H28N4O3S. The molecule has 1 aromatic rings. The Morgan fingerprint density at radius 3 is 2.43 bits per heavy atom. The van der Waals surface area contributed by atoms with Crippen LogP contribution in [0.2, 0.25) is 0 Å². The van der Waals surface area contributed by atoms with E-state index in [2.05, 4.69) is 11.4 Å². The first-order valence-electron chi connectivity index (χ1n) is 9.68. The highest BCUT2D eigenvalue weighted by Crippen LogP contribution is 2.39. The Morgan fingerprint density at radius 2 is 1.89 bits per heavy atom. The maximum Gasteiger partial charge on any atom is 0.243 e. The van der Waals surface area contributed by atoms with Crippen LogP contribution in [0.4, 0.5) is 0 Å². The smallest absolute Gasteiger partial charge is 0.243 e. The first-order valence-corrected chi connectivity index (χ1v) is 11.1. The second-order valence-corrected chi connectivity index (χ2v) is 9.99. The van der Waals surface area contributed by atoms with Gasteiger partial charge in [-0.05, 0) is 51.2 Å². The molecule has 28 heavy (non-hydrogen) atoms. The van der Waals surface area contributed by atoms with Crippen molar-refractivity contribution in [2.24, 2.45) is 5.92 Å². The van der Waals surface area contributed by atoms with E-state index in [0.717, 1.165) is 24.0 Å². The lowest BCUT2D eigenvalue weighted by Gasteiger charge is -2.34. The van der Waals surface area contributed by atoms with E-state index < -0.39 is 15.6 Å². The molecule has 1 atom stereocenters. The highest BCUT2D eigenvalue weighted by molar-refractivity contribution is 7.89. The summed E-state index contributed by atoms with van der Waals surface area (Å²) in [5.74, 6) is 0.0582. The predicted molar refractivity (Wildman–Crippen MR) is 106 cm³/mol. The Morgan fingerprint density at radius 1 is 1.25 bits per heavy atom. The number of benzene rings is 1. The minimum absolute atomic E-state index is 0.179. The van der Waals surface area contributed by atoms with E-state index in [1.165, 1.54) is 4.31 Å². The van der Waals surface area contributed by atoms with Gasteiger partial charge in [-0.15, -0.1) is 0 Å². The van der Waals surface area contributed by atoms with Crippen LogP contribution in [0.3, 0.4) is 0 Å². The average molecular weight is 405 g/mol. The molecule has 1 aromatic carbocycles. The number of carbonyl (C=O) groups is 1. The minimum Gasteiger partial charge on any atom is -0.337 e. The van der Waals surface area contributed by atoms with Crippen molar-refractivity contribution in [3.05, 3.63) is 29.3 Å². The lowest BCUT2D eigenvalue weighted by Crippen LogP contribution is -2.54. The zero-order valence-electron chi connectivity index (χ0n) is 16.7.